The molecule has 6 heteroatoms. The van der Waals surface area contributed by atoms with Crippen molar-refractivity contribution in [1.29, 1.82) is 0 Å². The summed E-state index contributed by atoms with van der Waals surface area (Å²) in [6, 6.07) is 6.31. The number of non-ortho nitro benzene ring substituents is 1. The van der Waals surface area contributed by atoms with E-state index >= 15 is 0 Å². The quantitative estimate of drug-likeness (QED) is 0.660. The molecular formula is C13H14N2O4. The predicted molar refractivity (Wildman–Crippen MR) is 69.8 cm³/mol. The number of rotatable bonds is 5. The van der Waals surface area contributed by atoms with E-state index in [0.717, 1.165) is 11.3 Å². The van der Waals surface area contributed by atoms with Crippen LogP contribution in [0, 0.1) is 10.1 Å². The van der Waals surface area contributed by atoms with Gasteiger partial charge in [0.1, 0.15) is 0 Å². The molecule has 0 amide bonds. The van der Waals surface area contributed by atoms with Crippen LogP contribution in [0.5, 0.6) is 0 Å². The van der Waals surface area contributed by atoms with Crippen LogP contribution in [-0.4, -0.2) is 17.1 Å². The highest BCUT2D eigenvalue weighted by Crippen LogP contribution is 2.26. The molecule has 0 unspecified atom stereocenters. The lowest BCUT2D eigenvalue weighted by molar-refractivity contribution is -0.384. The molecule has 0 spiro atoms. The van der Waals surface area contributed by atoms with Gasteiger partial charge in [-0.25, -0.2) is 0 Å². The summed E-state index contributed by atoms with van der Waals surface area (Å²) in [5.41, 5.74) is 2.25. The SMILES string of the molecule is CN(Cc1ccoc1)c1ccc([N+](=O)[O-])cc1CO. The van der Waals surface area contributed by atoms with E-state index in [4.69, 9.17) is 4.42 Å². The first kappa shape index (κ1) is 13.1. The van der Waals surface area contributed by atoms with Crippen LogP contribution >= 0.6 is 0 Å². The van der Waals surface area contributed by atoms with E-state index in [1.165, 1.54) is 12.1 Å². The maximum absolute atomic E-state index is 10.7. The topological polar surface area (TPSA) is 79.8 Å². The van der Waals surface area contributed by atoms with Crippen molar-refractivity contribution < 1.29 is 14.4 Å². The Labute approximate surface area is 110 Å². The van der Waals surface area contributed by atoms with Crippen molar-refractivity contribution in [3.05, 3.63) is 58.0 Å². The van der Waals surface area contributed by atoms with Gasteiger partial charge in [-0.3, -0.25) is 10.1 Å². The van der Waals surface area contributed by atoms with Gasteiger partial charge in [0.15, 0.2) is 0 Å². The molecule has 0 saturated carbocycles. The number of benzene rings is 1. The Balaban J connectivity index is 2.25. The van der Waals surface area contributed by atoms with Crippen molar-refractivity contribution >= 4 is 11.4 Å². The van der Waals surface area contributed by atoms with Gasteiger partial charge in [0, 0.05) is 42.5 Å². The third kappa shape index (κ3) is 2.92. The van der Waals surface area contributed by atoms with Crippen molar-refractivity contribution in [2.45, 2.75) is 13.2 Å². The van der Waals surface area contributed by atoms with E-state index in [2.05, 4.69) is 0 Å². The number of furan rings is 1. The molecule has 0 aliphatic rings. The van der Waals surface area contributed by atoms with Gasteiger partial charge < -0.3 is 14.4 Å². The minimum Gasteiger partial charge on any atom is -0.472 e. The summed E-state index contributed by atoms with van der Waals surface area (Å²) >= 11 is 0. The maximum atomic E-state index is 10.7. The number of nitro groups is 1. The van der Waals surface area contributed by atoms with Gasteiger partial charge in [-0.15, -0.1) is 0 Å². The average molecular weight is 262 g/mol. The molecule has 0 fully saturated rings. The molecule has 0 saturated heterocycles. The molecule has 1 N–H and O–H groups in total. The zero-order valence-electron chi connectivity index (χ0n) is 10.4. The van der Waals surface area contributed by atoms with Crippen molar-refractivity contribution in [2.75, 3.05) is 11.9 Å². The Bertz CT molecular complexity index is 566. The largest absolute Gasteiger partial charge is 0.472 e. The first-order chi connectivity index (χ1) is 9.11. The van der Waals surface area contributed by atoms with E-state index < -0.39 is 4.92 Å². The summed E-state index contributed by atoms with van der Waals surface area (Å²) in [7, 11) is 1.85. The fourth-order valence-electron chi connectivity index (χ4n) is 1.93. The minimum absolute atomic E-state index is 0.0236. The van der Waals surface area contributed by atoms with Crippen LogP contribution in [-0.2, 0) is 13.2 Å². The number of aliphatic hydroxyl groups excluding tert-OH is 1. The molecule has 1 aromatic heterocycles. The molecular weight excluding hydrogens is 248 g/mol. The Hall–Kier alpha value is -2.34. The molecule has 2 rings (SSSR count). The van der Waals surface area contributed by atoms with Crippen molar-refractivity contribution in [3.63, 3.8) is 0 Å². The summed E-state index contributed by atoms with van der Waals surface area (Å²) < 4.78 is 4.99. The first-order valence-corrected chi connectivity index (χ1v) is 5.72. The second kappa shape index (κ2) is 5.53. The Morgan fingerprint density at radius 1 is 1.42 bits per heavy atom. The fraction of sp³-hybridized carbons (Fsp3) is 0.231. The number of nitro benzene ring substituents is 1. The number of hydrogen-bond acceptors (Lipinski definition) is 5. The Kier molecular flexibility index (Phi) is 3.82. The molecule has 0 aliphatic carbocycles. The molecule has 1 heterocycles. The lowest BCUT2D eigenvalue weighted by Gasteiger charge is -2.21. The van der Waals surface area contributed by atoms with Gasteiger partial charge in [0.2, 0.25) is 0 Å². The van der Waals surface area contributed by atoms with Gasteiger partial charge in [-0.1, -0.05) is 0 Å². The van der Waals surface area contributed by atoms with Gasteiger partial charge in [0.05, 0.1) is 24.1 Å². The normalized spacial score (nSPS) is 10.4. The van der Waals surface area contributed by atoms with Crippen LogP contribution in [0.2, 0.25) is 0 Å². The van der Waals surface area contributed by atoms with Gasteiger partial charge in [-0.05, 0) is 12.1 Å². The summed E-state index contributed by atoms with van der Waals surface area (Å²) in [5.74, 6) is 0. The van der Waals surface area contributed by atoms with Crippen LogP contribution in [0.3, 0.4) is 0 Å². The van der Waals surface area contributed by atoms with Gasteiger partial charge in [0.25, 0.3) is 5.69 Å². The summed E-state index contributed by atoms with van der Waals surface area (Å²) in [4.78, 5) is 12.1. The van der Waals surface area contributed by atoms with Crippen LogP contribution in [0.1, 0.15) is 11.1 Å². The molecule has 1 aromatic carbocycles. The molecule has 6 nitrogen and oxygen atoms in total. The van der Waals surface area contributed by atoms with Crippen LogP contribution < -0.4 is 4.90 Å². The van der Waals surface area contributed by atoms with E-state index in [1.807, 2.05) is 18.0 Å². The highest BCUT2D eigenvalue weighted by Gasteiger charge is 2.13. The fourth-order valence-corrected chi connectivity index (χ4v) is 1.93. The predicted octanol–water partition coefficient (Wildman–Crippen LogP) is 2.32. The molecule has 19 heavy (non-hydrogen) atoms. The second-order valence-electron chi connectivity index (χ2n) is 4.22. The van der Waals surface area contributed by atoms with Crippen molar-refractivity contribution in [1.82, 2.24) is 0 Å². The van der Waals surface area contributed by atoms with E-state index in [0.29, 0.717) is 12.1 Å². The average Bonchev–Trinajstić information content (AvgIpc) is 2.90. The van der Waals surface area contributed by atoms with Crippen LogP contribution in [0.4, 0.5) is 11.4 Å². The van der Waals surface area contributed by atoms with Gasteiger partial charge in [-0.2, -0.15) is 0 Å². The molecule has 0 bridgehead atoms. The highest BCUT2D eigenvalue weighted by molar-refractivity contribution is 5.57. The number of hydrogen-bond donors (Lipinski definition) is 1. The first-order valence-electron chi connectivity index (χ1n) is 5.72. The Morgan fingerprint density at radius 3 is 2.79 bits per heavy atom. The summed E-state index contributed by atoms with van der Waals surface area (Å²) in [6.07, 6.45) is 3.23. The monoisotopic (exact) mass is 262 g/mol. The minimum atomic E-state index is -0.473. The summed E-state index contributed by atoms with van der Waals surface area (Å²) in [6.45, 7) is 0.355. The number of nitrogens with zero attached hydrogens (tertiary/aromatic N) is 2. The molecule has 0 atom stereocenters. The standard InChI is InChI=1S/C13H14N2O4/c1-14(7-10-4-5-19-9-10)13-3-2-12(15(17)18)6-11(13)8-16/h2-6,9,16H,7-8H2,1H3. The molecule has 2 aromatic rings. The molecule has 0 radical (unpaired) electrons. The van der Waals surface area contributed by atoms with Crippen molar-refractivity contribution in [2.24, 2.45) is 0 Å². The van der Waals surface area contributed by atoms with E-state index in [9.17, 15) is 15.2 Å². The second-order valence-corrected chi connectivity index (χ2v) is 4.22. The maximum Gasteiger partial charge on any atom is 0.269 e. The zero-order valence-corrected chi connectivity index (χ0v) is 10.4. The zero-order chi connectivity index (χ0) is 13.8. The third-order valence-corrected chi connectivity index (χ3v) is 2.86. The molecule has 0 aliphatic heterocycles. The van der Waals surface area contributed by atoms with E-state index in [-0.39, 0.29) is 12.3 Å². The number of anilines is 1. The van der Waals surface area contributed by atoms with Crippen LogP contribution in [0.25, 0.3) is 0 Å². The van der Waals surface area contributed by atoms with E-state index in [1.54, 1.807) is 18.6 Å². The third-order valence-electron chi connectivity index (χ3n) is 2.86. The molecule has 100 valence electrons. The highest BCUT2D eigenvalue weighted by atomic mass is 16.6. The lowest BCUT2D eigenvalue weighted by atomic mass is 10.1. The van der Waals surface area contributed by atoms with Gasteiger partial charge >= 0.3 is 0 Å². The summed E-state index contributed by atoms with van der Waals surface area (Å²) in [5, 5.41) is 20.0. The number of aliphatic hydroxyl groups is 1. The smallest absolute Gasteiger partial charge is 0.269 e. The van der Waals surface area contributed by atoms with Crippen molar-refractivity contribution in [3.8, 4) is 0 Å². The lowest BCUT2D eigenvalue weighted by Crippen LogP contribution is -2.17. The van der Waals surface area contributed by atoms with Crippen LogP contribution in [0.15, 0.2) is 41.2 Å². The Morgan fingerprint density at radius 2 is 2.21 bits per heavy atom.